The molecule has 2 atom stereocenters. The molecule has 10 nitrogen and oxygen atoms in total. The largest absolute Gasteiger partial charge is 0.480 e. The number of nitrogens with one attached hydrogen (secondary N) is 2. The van der Waals surface area contributed by atoms with Gasteiger partial charge in [-0.3, -0.25) is 4.79 Å². The van der Waals surface area contributed by atoms with Crippen LogP contribution < -0.4 is 10.6 Å². The second kappa shape index (κ2) is 11.3. The van der Waals surface area contributed by atoms with Crippen molar-refractivity contribution in [2.75, 3.05) is 32.3 Å². The highest BCUT2D eigenvalue weighted by molar-refractivity contribution is 7.90. The molecule has 35 heavy (non-hydrogen) atoms. The van der Waals surface area contributed by atoms with Crippen LogP contribution in [0.2, 0.25) is 0 Å². The van der Waals surface area contributed by atoms with Gasteiger partial charge in [-0.2, -0.15) is 0 Å². The van der Waals surface area contributed by atoms with Crippen LogP contribution in [-0.2, 0) is 28.9 Å². The molecule has 188 valence electrons. The molecule has 0 heterocycles. The molecule has 1 aliphatic rings. The minimum absolute atomic E-state index is 0.0350. The Balaban J connectivity index is 1.63. The minimum atomic E-state index is -3.43. The molecule has 0 saturated carbocycles. The zero-order chi connectivity index (χ0) is 25.6. The molecule has 0 fully saturated rings. The Bertz CT molecular complexity index is 1150. The molecule has 3 rings (SSSR count). The van der Waals surface area contributed by atoms with Crippen LogP contribution in [0.25, 0.3) is 11.1 Å². The number of carbonyl (C=O) groups is 3. The third kappa shape index (κ3) is 6.80. The van der Waals surface area contributed by atoms with E-state index < -0.39 is 45.6 Å². The Kier molecular flexibility index (Phi) is 8.47. The third-order valence-electron chi connectivity index (χ3n) is 5.68. The summed E-state index contributed by atoms with van der Waals surface area (Å²) in [7, 11) is -2.11. The van der Waals surface area contributed by atoms with Gasteiger partial charge in [0.1, 0.15) is 28.5 Å². The first kappa shape index (κ1) is 26.2. The Labute approximate surface area is 203 Å². The second-order valence-corrected chi connectivity index (χ2v) is 10.6. The summed E-state index contributed by atoms with van der Waals surface area (Å²) in [5.74, 6) is -2.81. The molecule has 3 N–H and O–H groups in total. The van der Waals surface area contributed by atoms with E-state index in [0.717, 1.165) is 28.5 Å². The fourth-order valence-corrected chi connectivity index (χ4v) is 4.66. The summed E-state index contributed by atoms with van der Waals surface area (Å²) in [6.07, 6.45) is -0.211. The molecule has 11 heteroatoms. The number of carboxylic acid groups (broad SMARTS) is 1. The molecular weight excluding hydrogens is 476 g/mol. The van der Waals surface area contributed by atoms with Crippen molar-refractivity contribution in [2.24, 2.45) is 0 Å². The van der Waals surface area contributed by atoms with Crippen molar-refractivity contribution in [3.63, 3.8) is 0 Å². The summed E-state index contributed by atoms with van der Waals surface area (Å²) in [4.78, 5) is 36.6. The van der Waals surface area contributed by atoms with Crippen molar-refractivity contribution in [1.29, 1.82) is 0 Å². The maximum Gasteiger partial charge on any atom is 0.407 e. The average molecular weight is 505 g/mol. The van der Waals surface area contributed by atoms with E-state index in [-0.39, 0.29) is 25.6 Å². The average Bonchev–Trinajstić information content (AvgIpc) is 3.13. The lowest BCUT2D eigenvalue weighted by atomic mass is 9.98. The number of methoxy groups -OCH3 is 1. The summed E-state index contributed by atoms with van der Waals surface area (Å²) < 4.78 is 33.1. The van der Waals surface area contributed by atoms with Crippen molar-refractivity contribution in [3.8, 4) is 11.1 Å². The predicted molar refractivity (Wildman–Crippen MR) is 128 cm³/mol. The van der Waals surface area contributed by atoms with Crippen molar-refractivity contribution >= 4 is 27.8 Å². The highest BCUT2D eigenvalue weighted by Crippen LogP contribution is 2.44. The lowest BCUT2D eigenvalue weighted by Gasteiger charge is -2.21. The number of hydrogen-bond donors (Lipinski definition) is 3. The molecule has 2 aromatic carbocycles. The number of benzene rings is 2. The Hall–Kier alpha value is -3.44. The summed E-state index contributed by atoms with van der Waals surface area (Å²) in [5, 5.41) is 14.0. The van der Waals surface area contributed by atoms with Crippen LogP contribution in [0.1, 0.15) is 23.5 Å². The van der Waals surface area contributed by atoms with E-state index in [1.165, 1.54) is 7.11 Å². The predicted octanol–water partition coefficient (Wildman–Crippen LogP) is 1.54. The summed E-state index contributed by atoms with van der Waals surface area (Å²) in [6, 6.07) is 13.0. The van der Waals surface area contributed by atoms with Crippen LogP contribution in [0.5, 0.6) is 0 Å². The lowest BCUT2D eigenvalue weighted by Crippen LogP contribution is -2.53. The van der Waals surface area contributed by atoms with E-state index in [1.807, 2.05) is 48.5 Å². The maximum atomic E-state index is 12.6. The molecule has 0 bridgehead atoms. The van der Waals surface area contributed by atoms with Crippen molar-refractivity contribution < 1.29 is 37.4 Å². The molecule has 2 aromatic rings. The smallest absolute Gasteiger partial charge is 0.407 e. The van der Waals surface area contributed by atoms with Gasteiger partial charge in [0.2, 0.25) is 5.91 Å². The van der Waals surface area contributed by atoms with Crippen LogP contribution in [-0.4, -0.2) is 75.9 Å². The topological polar surface area (TPSA) is 148 Å². The molecule has 0 saturated heterocycles. The zero-order valence-corrected chi connectivity index (χ0v) is 20.2. The maximum absolute atomic E-state index is 12.6. The molecule has 0 aromatic heterocycles. The third-order valence-corrected chi connectivity index (χ3v) is 6.65. The van der Waals surface area contributed by atoms with E-state index in [4.69, 9.17) is 9.47 Å². The highest BCUT2D eigenvalue weighted by atomic mass is 32.2. The van der Waals surface area contributed by atoms with Crippen molar-refractivity contribution in [1.82, 2.24) is 10.6 Å². The first-order valence-corrected chi connectivity index (χ1v) is 13.0. The number of hydrogen-bond acceptors (Lipinski definition) is 7. The molecule has 1 aliphatic carbocycles. The fraction of sp³-hybridized carbons (Fsp3) is 0.375. The first-order valence-electron chi connectivity index (χ1n) is 10.9. The quantitative estimate of drug-likeness (QED) is 0.417. The van der Waals surface area contributed by atoms with E-state index in [1.54, 1.807) is 0 Å². The van der Waals surface area contributed by atoms with Gasteiger partial charge in [0.05, 0.1) is 12.4 Å². The number of ether oxygens (including phenoxy) is 2. The summed E-state index contributed by atoms with van der Waals surface area (Å²) in [5.41, 5.74) is 4.20. The van der Waals surface area contributed by atoms with Gasteiger partial charge in [-0.05, 0) is 28.7 Å². The number of carboxylic acids is 1. The van der Waals surface area contributed by atoms with E-state index in [2.05, 4.69) is 10.6 Å². The van der Waals surface area contributed by atoms with Crippen LogP contribution in [0.15, 0.2) is 48.5 Å². The van der Waals surface area contributed by atoms with Crippen LogP contribution >= 0.6 is 0 Å². The van der Waals surface area contributed by atoms with Gasteiger partial charge in [-0.1, -0.05) is 48.5 Å². The SMILES string of the molecule is COCC(NC(=O)OCC1c2ccccc2-c2ccccc21)C(=O)NC(CCS(C)(=O)=O)C(=O)O. The fourth-order valence-electron chi connectivity index (χ4n) is 3.99. The van der Waals surface area contributed by atoms with Gasteiger partial charge in [0.15, 0.2) is 0 Å². The molecular formula is C24H28N2O8S. The number of fused-ring (bicyclic) bond motifs is 3. The number of alkyl carbamates (subject to hydrolysis) is 1. The van der Waals surface area contributed by atoms with Crippen molar-refractivity contribution in [2.45, 2.75) is 24.4 Å². The van der Waals surface area contributed by atoms with Gasteiger partial charge in [0, 0.05) is 19.3 Å². The van der Waals surface area contributed by atoms with Crippen molar-refractivity contribution in [3.05, 3.63) is 59.7 Å². The number of aliphatic carboxylic acids is 1. The van der Waals surface area contributed by atoms with E-state index in [0.29, 0.717) is 0 Å². The zero-order valence-electron chi connectivity index (χ0n) is 19.4. The molecule has 0 spiro atoms. The molecule has 2 amide bonds. The first-order chi connectivity index (χ1) is 16.6. The monoisotopic (exact) mass is 504 g/mol. The molecule has 2 unspecified atom stereocenters. The van der Waals surface area contributed by atoms with Gasteiger partial charge < -0.3 is 25.2 Å². The normalized spacial score (nSPS) is 14.3. The van der Waals surface area contributed by atoms with E-state index in [9.17, 15) is 27.9 Å². The second-order valence-electron chi connectivity index (χ2n) is 8.30. The summed E-state index contributed by atoms with van der Waals surface area (Å²) in [6.45, 7) is -0.207. The Morgan fingerprint density at radius 3 is 2.06 bits per heavy atom. The van der Waals surface area contributed by atoms with E-state index >= 15 is 0 Å². The van der Waals surface area contributed by atoms with Gasteiger partial charge in [-0.15, -0.1) is 0 Å². The number of rotatable bonds is 11. The standard InChI is InChI=1S/C24H28N2O8S/c1-33-14-21(22(27)25-20(23(28)29)11-12-35(2,31)32)26-24(30)34-13-19-17-9-5-3-7-15(17)16-8-4-6-10-18(16)19/h3-10,19-21H,11-14H2,1-2H3,(H,25,27)(H,26,30)(H,28,29). The van der Waals surface area contributed by atoms with Crippen LogP contribution in [0.4, 0.5) is 4.79 Å². The van der Waals surface area contributed by atoms with Gasteiger partial charge in [-0.25, -0.2) is 18.0 Å². The molecule has 0 aliphatic heterocycles. The number of carbonyl (C=O) groups excluding carboxylic acids is 2. The number of amides is 2. The Morgan fingerprint density at radius 2 is 1.54 bits per heavy atom. The van der Waals surface area contributed by atoms with Crippen LogP contribution in [0, 0.1) is 0 Å². The Morgan fingerprint density at radius 1 is 0.971 bits per heavy atom. The van der Waals surface area contributed by atoms with Crippen LogP contribution in [0.3, 0.4) is 0 Å². The lowest BCUT2D eigenvalue weighted by molar-refractivity contribution is -0.142. The van der Waals surface area contributed by atoms with Gasteiger partial charge >= 0.3 is 12.1 Å². The molecule has 0 radical (unpaired) electrons. The highest BCUT2D eigenvalue weighted by Gasteiger charge is 2.31. The number of sulfone groups is 1. The minimum Gasteiger partial charge on any atom is -0.480 e. The van der Waals surface area contributed by atoms with Gasteiger partial charge in [0.25, 0.3) is 0 Å². The summed E-state index contributed by atoms with van der Waals surface area (Å²) >= 11 is 0.